The van der Waals surface area contributed by atoms with Gasteiger partial charge in [-0.2, -0.15) is 4.98 Å². The molecule has 0 aliphatic carbocycles. The normalized spacial score (nSPS) is 19.3. The second-order valence-corrected chi connectivity index (χ2v) is 4.96. The Balaban J connectivity index is 1.76. The molecule has 1 N–H and O–H groups in total. The van der Waals surface area contributed by atoms with Crippen molar-refractivity contribution < 1.29 is 4.52 Å². The zero-order valence-electron chi connectivity index (χ0n) is 9.90. The molecular weight excluding hydrogens is 250 g/mol. The lowest BCUT2D eigenvalue weighted by Gasteiger charge is -2.04. The van der Waals surface area contributed by atoms with Gasteiger partial charge in [0.05, 0.1) is 0 Å². The Morgan fingerprint density at radius 2 is 2.39 bits per heavy atom. The molecule has 1 unspecified atom stereocenters. The van der Waals surface area contributed by atoms with Crippen LogP contribution in [0.4, 0.5) is 0 Å². The molecule has 0 bridgehead atoms. The average molecular weight is 264 g/mol. The van der Waals surface area contributed by atoms with Crippen LogP contribution in [0.5, 0.6) is 0 Å². The molecule has 0 saturated carbocycles. The number of rotatable bonds is 3. The predicted octanol–water partition coefficient (Wildman–Crippen LogP) is 2.68. The van der Waals surface area contributed by atoms with Gasteiger partial charge in [-0.05, 0) is 31.5 Å². The van der Waals surface area contributed by atoms with Gasteiger partial charge in [0, 0.05) is 23.0 Å². The van der Waals surface area contributed by atoms with Gasteiger partial charge in [0.25, 0.3) is 0 Å². The lowest BCUT2D eigenvalue weighted by Crippen LogP contribution is -2.23. The minimum absolute atomic E-state index is 0.470. The maximum Gasteiger partial charge on any atom is 0.228 e. The first kappa shape index (κ1) is 11.7. The van der Waals surface area contributed by atoms with Crippen LogP contribution in [0.15, 0.2) is 28.8 Å². The summed E-state index contributed by atoms with van der Waals surface area (Å²) in [5.41, 5.74) is 0.886. The highest BCUT2D eigenvalue weighted by atomic mass is 35.5. The van der Waals surface area contributed by atoms with Crippen molar-refractivity contribution in [3.8, 4) is 11.4 Å². The fraction of sp³-hybridized carbons (Fsp3) is 0.385. The number of nitrogens with one attached hydrogen (secondary N) is 1. The highest BCUT2D eigenvalue weighted by Gasteiger charge is 2.18. The SMILES string of the molecule is Clc1cccc(-c2noc(CC3CCCN3)n2)c1. The van der Waals surface area contributed by atoms with Crippen LogP contribution in [0.25, 0.3) is 11.4 Å². The molecule has 94 valence electrons. The van der Waals surface area contributed by atoms with Gasteiger partial charge < -0.3 is 9.84 Å². The molecule has 1 aliphatic heterocycles. The first-order valence-corrected chi connectivity index (χ1v) is 6.51. The number of hydrogen-bond acceptors (Lipinski definition) is 4. The first-order valence-electron chi connectivity index (χ1n) is 6.13. The third-order valence-corrected chi connectivity index (χ3v) is 3.37. The third-order valence-electron chi connectivity index (χ3n) is 3.13. The van der Waals surface area contributed by atoms with Gasteiger partial charge in [0.1, 0.15) is 0 Å². The van der Waals surface area contributed by atoms with Gasteiger partial charge >= 0.3 is 0 Å². The minimum Gasteiger partial charge on any atom is -0.339 e. The van der Waals surface area contributed by atoms with Crippen LogP contribution in [0.2, 0.25) is 5.02 Å². The standard InChI is InChI=1S/C13H14ClN3O/c14-10-4-1-3-9(7-10)13-16-12(18-17-13)8-11-5-2-6-15-11/h1,3-4,7,11,15H,2,5-6,8H2. The van der Waals surface area contributed by atoms with Crippen LogP contribution in [0.1, 0.15) is 18.7 Å². The van der Waals surface area contributed by atoms with Crippen molar-refractivity contribution in [3.63, 3.8) is 0 Å². The monoisotopic (exact) mass is 263 g/mol. The summed E-state index contributed by atoms with van der Waals surface area (Å²) in [5.74, 6) is 1.29. The molecule has 1 atom stereocenters. The van der Waals surface area contributed by atoms with E-state index >= 15 is 0 Å². The van der Waals surface area contributed by atoms with Gasteiger partial charge in [0.2, 0.25) is 11.7 Å². The van der Waals surface area contributed by atoms with E-state index in [0.29, 0.717) is 22.8 Å². The van der Waals surface area contributed by atoms with Crippen molar-refractivity contribution in [2.24, 2.45) is 0 Å². The van der Waals surface area contributed by atoms with Crippen molar-refractivity contribution in [2.45, 2.75) is 25.3 Å². The highest BCUT2D eigenvalue weighted by molar-refractivity contribution is 6.30. The summed E-state index contributed by atoms with van der Waals surface area (Å²) in [5, 5.41) is 8.09. The topological polar surface area (TPSA) is 51.0 Å². The predicted molar refractivity (Wildman–Crippen MR) is 69.5 cm³/mol. The Labute approximate surface area is 110 Å². The Hall–Kier alpha value is -1.39. The molecule has 1 aromatic heterocycles. The number of halogens is 1. The van der Waals surface area contributed by atoms with E-state index in [9.17, 15) is 0 Å². The van der Waals surface area contributed by atoms with Crippen molar-refractivity contribution in [2.75, 3.05) is 6.54 Å². The third kappa shape index (κ3) is 2.54. The second kappa shape index (κ2) is 5.08. The molecule has 3 rings (SSSR count). The summed E-state index contributed by atoms with van der Waals surface area (Å²) < 4.78 is 5.28. The van der Waals surface area contributed by atoms with E-state index in [4.69, 9.17) is 16.1 Å². The summed E-state index contributed by atoms with van der Waals surface area (Å²) in [6.45, 7) is 1.08. The van der Waals surface area contributed by atoms with E-state index in [0.717, 1.165) is 18.5 Å². The number of aromatic nitrogens is 2. The lowest BCUT2D eigenvalue weighted by molar-refractivity contribution is 0.364. The summed E-state index contributed by atoms with van der Waals surface area (Å²) in [6, 6.07) is 7.94. The number of nitrogens with zero attached hydrogens (tertiary/aromatic N) is 2. The van der Waals surface area contributed by atoms with Crippen LogP contribution in [0.3, 0.4) is 0 Å². The summed E-state index contributed by atoms with van der Waals surface area (Å²) in [6.07, 6.45) is 3.20. The Morgan fingerprint density at radius 1 is 1.44 bits per heavy atom. The average Bonchev–Trinajstić information content (AvgIpc) is 3.01. The van der Waals surface area contributed by atoms with Crippen molar-refractivity contribution in [1.29, 1.82) is 0 Å². The molecule has 1 aromatic carbocycles. The molecule has 0 spiro atoms. The molecule has 4 nitrogen and oxygen atoms in total. The van der Waals surface area contributed by atoms with Gasteiger partial charge in [-0.25, -0.2) is 0 Å². The molecule has 2 aromatic rings. The maximum absolute atomic E-state index is 5.94. The van der Waals surface area contributed by atoms with Crippen molar-refractivity contribution in [3.05, 3.63) is 35.2 Å². The summed E-state index contributed by atoms with van der Waals surface area (Å²) in [4.78, 5) is 4.41. The van der Waals surface area contributed by atoms with Crippen LogP contribution in [0, 0.1) is 0 Å². The highest BCUT2D eigenvalue weighted by Crippen LogP contribution is 2.20. The van der Waals surface area contributed by atoms with Crippen LogP contribution >= 0.6 is 11.6 Å². The largest absolute Gasteiger partial charge is 0.339 e. The first-order chi connectivity index (χ1) is 8.81. The molecule has 1 fully saturated rings. The Bertz CT molecular complexity index is 535. The molecule has 1 aliphatic rings. The molecule has 5 heteroatoms. The smallest absolute Gasteiger partial charge is 0.228 e. The fourth-order valence-corrected chi connectivity index (χ4v) is 2.41. The Kier molecular flexibility index (Phi) is 3.30. The van der Waals surface area contributed by atoms with E-state index in [-0.39, 0.29) is 0 Å². The van der Waals surface area contributed by atoms with Crippen LogP contribution in [-0.4, -0.2) is 22.7 Å². The van der Waals surface area contributed by atoms with Crippen molar-refractivity contribution >= 4 is 11.6 Å². The zero-order valence-corrected chi connectivity index (χ0v) is 10.7. The maximum atomic E-state index is 5.94. The molecular formula is C13H14ClN3O. The van der Waals surface area contributed by atoms with Gasteiger partial charge in [0.15, 0.2) is 0 Å². The minimum atomic E-state index is 0.470. The summed E-state index contributed by atoms with van der Waals surface area (Å²) >= 11 is 5.94. The van der Waals surface area contributed by atoms with Crippen molar-refractivity contribution in [1.82, 2.24) is 15.5 Å². The van der Waals surface area contributed by atoms with E-state index in [2.05, 4.69) is 15.5 Å². The lowest BCUT2D eigenvalue weighted by atomic mass is 10.1. The van der Waals surface area contributed by atoms with Gasteiger partial charge in [-0.1, -0.05) is 28.9 Å². The summed E-state index contributed by atoms with van der Waals surface area (Å²) in [7, 11) is 0. The second-order valence-electron chi connectivity index (χ2n) is 4.52. The van der Waals surface area contributed by atoms with Gasteiger partial charge in [-0.15, -0.1) is 0 Å². The molecule has 2 heterocycles. The zero-order chi connectivity index (χ0) is 12.4. The van der Waals surface area contributed by atoms with E-state index in [1.165, 1.54) is 12.8 Å². The quantitative estimate of drug-likeness (QED) is 0.925. The van der Waals surface area contributed by atoms with E-state index in [1.54, 1.807) is 0 Å². The van der Waals surface area contributed by atoms with Gasteiger partial charge in [-0.3, -0.25) is 0 Å². The van der Waals surface area contributed by atoms with Crippen LogP contribution in [-0.2, 0) is 6.42 Å². The number of benzene rings is 1. The Morgan fingerprint density at radius 3 is 3.17 bits per heavy atom. The number of hydrogen-bond donors (Lipinski definition) is 1. The van der Waals surface area contributed by atoms with E-state index < -0.39 is 0 Å². The van der Waals surface area contributed by atoms with E-state index in [1.807, 2.05) is 24.3 Å². The fourth-order valence-electron chi connectivity index (χ4n) is 2.22. The molecule has 0 amide bonds. The molecule has 1 saturated heterocycles. The molecule has 0 radical (unpaired) electrons. The van der Waals surface area contributed by atoms with Crippen LogP contribution < -0.4 is 5.32 Å². The molecule has 18 heavy (non-hydrogen) atoms.